The molecule has 2 rings (SSSR count). The Morgan fingerprint density at radius 2 is 1.71 bits per heavy atom. The minimum Gasteiger partial charge on any atom is -0.481 e. The van der Waals surface area contributed by atoms with Crippen molar-refractivity contribution < 1.29 is 42.6 Å². The first-order valence-electron chi connectivity index (χ1n) is 10.7. The van der Waals surface area contributed by atoms with Gasteiger partial charge in [0, 0.05) is 13.6 Å². The number of nitrogens with two attached hydrogens (primary N) is 1. The van der Waals surface area contributed by atoms with Crippen LogP contribution in [0.4, 0.5) is 18.9 Å². The predicted octanol–water partition coefficient (Wildman–Crippen LogP) is 2.52. The molecule has 0 fully saturated rings. The molecule has 0 spiro atoms. The fraction of sp³-hybridized carbons (Fsp3) is 0.545. The third-order valence-corrected chi connectivity index (χ3v) is 5.22. The van der Waals surface area contributed by atoms with Gasteiger partial charge in [0.25, 0.3) is 5.91 Å². The van der Waals surface area contributed by atoms with E-state index in [9.17, 15) is 27.6 Å². The summed E-state index contributed by atoms with van der Waals surface area (Å²) in [5, 5.41) is 16.3. The van der Waals surface area contributed by atoms with E-state index in [2.05, 4.69) is 0 Å². The summed E-state index contributed by atoms with van der Waals surface area (Å²) in [6.07, 6.45) is -0.0104. The highest BCUT2D eigenvalue weighted by molar-refractivity contribution is 6.09. The van der Waals surface area contributed by atoms with E-state index >= 15 is 0 Å². The number of carbonyl (C=O) groups excluding carboxylic acids is 2. The number of carboxylic acid groups (broad SMARTS) is 2. The number of carboxylic acids is 2. The molecule has 4 N–H and O–H groups in total. The molecule has 1 unspecified atom stereocenters. The largest absolute Gasteiger partial charge is 0.490 e. The number of rotatable bonds is 9. The smallest absolute Gasteiger partial charge is 0.481 e. The first-order valence-corrected chi connectivity index (χ1v) is 10.7. The van der Waals surface area contributed by atoms with Gasteiger partial charge in [0.15, 0.2) is 0 Å². The fourth-order valence-corrected chi connectivity index (χ4v) is 3.23. The van der Waals surface area contributed by atoms with Crippen molar-refractivity contribution in [2.24, 2.45) is 11.7 Å². The summed E-state index contributed by atoms with van der Waals surface area (Å²) in [6, 6.07) is 5.60. The van der Waals surface area contributed by atoms with E-state index in [1.54, 1.807) is 7.05 Å². The number of hydrogen-bond donors (Lipinski definition) is 3. The maximum atomic E-state index is 13.0. The molecule has 0 bridgehead atoms. The zero-order chi connectivity index (χ0) is 26.1. The van der Waals surface area contributed by atoms with Crippen molar-refractivity contribution in [2.75, 3.05) is 31.6 Å². The Morgan fingerprint density at radius 1 is 1.12 bits per heavy atom. The predicted molar refractivity (Wildman–Crippen MR) is 117 cm³/mol. The number of benzene rings is 1. The number of fused-ring (bicyclic) bond motifs is 1. The Kier molecular flexibility index (Phi) is 11.0. The van der Waals surface area contributed by atoms with Gasteiger partial charge >= 0.3 is 18.1 Å². The van der Waals surface area contributed by atoms with Crippen molar-refractivity contribution in [3.63, 3.8) is 0 Å². The number of nitrogens with zero attached hydrogens (tertiary/aromatic N) is 2. The van der Waals surface area contributed by atoms with Crippen LogP contribution in [0.25, 0.3) is 0 Å². The topological polar surface area (TPSA) is 141 Å². The van der Waals surface area contributed by atoms with Gasteiger partial charge in [-0.05, 0) is 43.5 Å². The van der Waals surface area contributed by atoms with Gasteiger partial charge in [-0.15, -0.1) is 0 Å². The fourth-order valence-electron chi connectivity index (χ4n) is 3.23. The SMILES string of the molecule is CC(CN1CC(=O)N(C)c2ccc(CCCCCCN)cc2C1=O)C(=O)O.O=C(O)C(F)(F)F. The zero-order valence-corrected chi connectivity index (χ0v) is 19.1. The number of alkyl halides is 3. The highest BCUT2D eigenvalue weighted by atomic mass is 19.4. The molecular weight excluding hydrogens is 459 g/mol. The second-order valence-electron chi connectivity index (χ2n) is 7.99. The molecule has 0 aromatic heterocycles. The second-order valence-corrected chi connectivity index (χ2v) is 7.99. The highest BCUT2D eigenvalue weighted by Gasteiger charge is 2.38. The molecule has 1 aromatic rings. The Morgan fingerprint density at radius 3 is 2.24 bits per heavy atom. The zero-order valence-electron chi connectivity index (χ0n) is 19.1. The lowest BCUT2D eigenvalue weighted by molar-refractivity contribution is -0.192. The Bertz CT molecular complexity index is 891. The van der Waals surface area contributed by atoms with Gasteiger partial charge in [-0.25, -0.2) is 4.79 Å². The Hall–Kier alpha value is -3.15. The van der Waals surface area contributed by atoms with Crippen LogP contribution in [0, 0.1) is 5.92 Å². The monoisotopic (exact) mass is 489 g/mol. The molecule has 0 aliphatic carbocycles. The van der Waals surface area contributed by atoms with Crippen LogP contribution in [0.2, 0.25) is 0 Å². The van der Waals surface area contributed by atoms with E-state index in [4.69, 9.17) is 20.7 Å². The van der Waals surface area contributed by atoms with E-state index in [0.717, 1.165) is 37.7 Å². The second kappa shape index (κ2) is 12.9. The van der Waals surface area contributed by atoms with Crippen LogP contribution in [0.3, 0.4) is 0 Å². The summed E-state index contributed by atoms with van der Waals surface area (Å²) in [7, 11) is 1.64. The summed E-state index contributed by atoms with van der Waals surface area (Å²) in [4.78, 5) is 48.3. The lowest BCUT2D eigenvalue weighted by atomic mass is 10.0. The van der Waals surface area contributed by atoms with E-state index < -0.39 is 24.0 Å². The van der Waals surface area contributed by atoms with Crippen molar-refractivity contribution >= 4 is 29.4 Å². The molecule has 1 aromatic carbocycles. The van der Waals surface area contributed by atoms with Crippen LogP contribution in [0.5, 0.6) is 0 Å². The van der Waals surface area contributed by atoms with Crippen molar-refractivity contribution in [1.82, 2.24) is 4.90 Å². The van der Waals surface area contributed by atoms with Crippen LogP contribution < -0.4 is 10.6 Å². The van der Waals surface area contributed by atoms with E-state index in [0.29, 0.717) is 17.8 Å². The number of hydrogen-bond acceptors (Lipinski definition) is 5. The molecule has 1 heterocycles. The first kappa shape index (κ1) is 28.9. The standard InChI is InChI=1S/C20H29N3O4.C2HF3O2/c1-14(20(26)27)12-23-13-18(24)22(2)17-9-8-15(11-16(17)19(23)25)7-5-3-4-6-10-21;3-2(4,5)1(6)7/h8-9,11,14H,3-7,10,12-13,21H2,1-2H3,(H,26,27);(H,6,7). The normalized spacial score (nSPS) is 14.6. The van der Waals surface area contributed by atoms with E-state index in [1.807, 2.05) is 18.2 Å². The summed E-state index contributed by atoms with van der Waals surface area (Å²) >= 11 is 0. The molecule has 2 amide bonds. The lowest BCUT2D eigenvalue weighted by Gasteiger charge is -2.22. The Balaban J connectivity index is 0.000000718. The van der Waals surface area contributed by atoms with Gasteiger partial charge in [-0.2, -0.15) is 13.2 Å². The number of halogens is 3. The number of aryl methyl sites for hydroxylation is 1. The molecule has 9 nitrogen and oxygen atoms in total. The third-order valence-electron chi connectivity index (χ3n) is 5.22. The average Bonchev–Trinajstić information content (AvgIpc) is 2.84. The molecule has 12 heteroatoms. The molecule has 0 radical (unpaired) electrons. The van der Waals surface area contributed by atoms with Gasteiger partial charge < -0.3 is 25.7 Å². The number of anilines is 1. The molecule has 0 saturated heterocycles. The van der Waals surface area contributed by atoms with Crippen molar-refractivity contribution in [3.05, 3.63) is 29.3 Å². The van der Waals surface area contributed by atoms with Crippen molar-refractivity contribution in [3.8, 4) is 0 Å². The summed E-state index contributed by atoms with van der Waals surface area (Å²) < 4.78 is 31.7. The minimum absolute atomic E-state index is 0.0104. The highest BCUT2D eigenvalue weighted by Crippen LogP contribution is 2.27. The van der Waals surface area contributed by atoms with Crippen LogP contribution >= 0.6 is 0 Å². The summed E-state index contributed by atoms with van der Waals surface area (Å²) in [6.45, 7) is 2.14. The van der Waals surface area contributed by atoms with Crippen LogP contribution in [-0.4, -0.2) is 71.7 Å². The summed E-state index contributed by atoms with van der Waals surface area (Å²) in [5.41, 5.74) is 7.58. The first-order chi connectivity index (χ1) is 15.8. The van der Waals surface area contributed by atoms with E-state index in [-0.39, 0.29) is 24.9 Å². The summed E-state index contributed by atoms with van der Waals surface area (Å²) in [5.74, 6) is -5.00. The van der Waals surface area contributed by atoms with Gasteiger partial charge in [0.1, 0.15) is 6.54 Å². The maximum Gasteiger partial charge on any atom is 0.490 e. The van der Waals surface area contributed by atoms with Gasteiger partial charge in [-0.1, -0.05) is 25.8 Å². The van der Waals surface area contributed by atoms with Gasteiger partial charge in [0.05, 0.1) is 17.2 Å². The average molecular weight is 489 g/mol. The lowest BCUT2D eigenvalue weighted by Crippen LogP contribution is -2.41. The van der Waals surface area contributed by atoms with Crippen molar-refractivity contribution in [1.29, 1.82) is 0 Å². The Labute approximate surface area is 195 Å². The third kappa shape index (κ3) is 8.65. The van der Waals surface area contributed by atoms with Gasteiger partial charge in [0.2, 0.25) is 5.91 Å². The van der Waals surface area contributed by atoms with Crippen LogP contribution in [-0.2, 0) is 20.8 Å². The number of carbonyl (C=O) groups is 4. The molecule has 1 aliphatic rings. The molecule has 1 aliphatic heterocycles. The number of likely N-dealkylation sites (N-methyl/N-ethyl adjacent to an activating group) is 1. The number of aliphatic carboxylic acids is 2. The molecule has 190 valence electrons. The van der Waals surface area contributed by atoms with Gasteiger partial charge in [-0.3, -0.25) is 14.4 Å². The quantitative estimate of drug-likeness (QED) is 0.453. The molecule has 34 heavy (non-hydrogen) atoms. The van der Waals surface area contributed by atoms with Crippen LogP contribution in [0.15, 0.2) is 18.2 Å². The molecule has 0 saturated carbocycles. The van der Waals surface area contributed by atoms with E-state index in [1.165, 1.54) is 16.7 Å². The molecular formula is C22H30F3N3O6. The van der Waals surface area contributed by atoms with Crippen LogP contribution in [0.1, 0.15) is 48.5 Å². The minimum atomic E-state index is -5.08. The number of amides is 2. The molecule has 1 atom stereocenters. The number of unbranched alkanes of at least 4 members (excludes halogenated alkanes) is 3. The van der Waals surface area contributed by atoms with Crippen molar-refractivity contribution in [2.45, 2.75) is 45.2 Å². The maximum absolute atomic E-state index is 13.0.